The van der Waals surface area contributed by atoms with Gasteiger partial charge in [0.15, 0.2) is 0 Å². The Kier molecular flexibility index (Phi) is 4.30. The lowest BCUT2D eigenvalue weighted by molar-refractivity contribution is -0.132. The van der Waals surface area contributed by atoms with Gasteiger partial charge in [-0.2, -0.15) is 0 Å². The minimum Gasteiger partial charge on any atom is -0.347 e. The van der Waals surface area contributed by atoms with Crippen molar-refractivity contribution in [3.05, 3.63) is 18.2 Å². The highest BCUT2D eigenvalue weighted by molar-refractivity contribution is 5.81. The molecule has 0 aromatic carbocycles. The minimum absolute atomic E-state index is 0.0340. The first kappa shape index (κ1) is 11.7. The van der Waals surface area contributed by atoms with E-state index in [1.807, 2.05) is 6.92 Å². The number of nitrogens with two attached hydrogens (primary N) is 1. The molecule has 0 fully saturated rings. The quantitative estimate of drug-likeness (QED) is 0.743. The zero-order chi connectivity index (χ0) is 11.3. The molecule has 0 saturated carbocycles. The number of carbonyl (C=O) groups is 1. The van der Waals surface area contributed by atoms with Crippen molar-refractivity contribution in [2.45, 2.75) is 32.4 Å². The number of hydrogen-bond acceptors (Lipinski definition) is 3. The van der Waals surface area contributed by atoms with Crippen molar-refractivity contribution in [2.75, 3.05) is 7.05 Å². The number of hydrogen-bond donors (Lipinski definition) is 2. The van der Waals surface area contributed by atoms with Crippen molar-refractivity contribution >= 4 is 5.91 Å². The van der Waals surface area contributed by atoms with Crippen molar-refractivity contribution in [3.8, 4) is 0 Å². The summed E-state index contributed by atoms with van der Waals surface area (Å²) in [5, 5.41) is 0. The Morgan fingerprint density at radius 2 is 2.47 bits per heavy atom. The lowest BCUT2D eigenvalue weighted by atomic mass is 10.1. The number of aromatic amines is 1. The zero-order valence-corrected chi connectivity index (χ0v) is 9.23. The highest BCUT2D eigenvalue weighted by Crippen LogP contribution is 2.01. The van der Waals surface area contributed by atoms with E-state index in [4.69, 9.17) is 5.73 Å². The number of H-pyrrole nitrogens is 1. The van der Waals surface area contributed by atoms with Gasteiger partial charge in [-0.15, -0.1) is 0 Å². The van der Waals surface area contributed by atoms with Crippen LogP contribution in [-0.2, 0) is 11.3 Å². The largest absolute Gasteiger partial charge is 0.347 e. The number of nitrogens with zero attached hydrogens (tertiary/aromatic N) is 2. The molecule has 0 radical (unpaired) electrons. The van der Waals surface area contributed by atoms with E-state index in [1.165, 1.54) is 0 Å². The average Bonchev–Trinajstić information content (AvgIpc) is 2.69. The minimum atomic E-state index is -0.394. The second-order valence-electron chi connectivity index (χ2n) is 3.63. The number of nitrogens with one attached hydrogen (secondary N) is 1. The molecule has 0 aliphatic rings. The van der Waals surface area contributed by atoms with Crippen LogP contribution >= 0.6 is 0 Å². The Hall–Kier alpha value is -1.36. The van der Waals surface area contributed by atoms with Crippen molar-refractivity contribution in [1.82, 2.24) is 14.9 Å². The van der Waals surface area contributed by atoms with E-state index in [1.54, 1.807) is 24.3 Å². The molecule has 84 valence electrons. The summed E-state index contributed by atoms with van der Waals surface area (Å²) in [7, 11) is 1.74. The van der Waals surface area contributed by atoms with Gasteiger partial charge in [-0.1, -0.05) is 13.3 Å². The molecular weight excluding hydrogens is 192 g/mol. The Labute approximate surface area is 89.7 Å². The number of aromatic nitrogens is 2. The highest BCUT2D eigenvalue weighted by atomic mass is 16.2. The maximum absolute atomic E-state index is 11.7. The third-order valence-corrected chi connectivity index (χ3v) is 2.23. The predicted octanol–water partition coefficient (Wildman–Crippen LogP) is 0.495. The third-order valence-electron chi connectivity index (χ3n) is 2.23. The zero-order valence-electron chi connectivity index (χ0n) is 9.23. The molecule has 5 heteroatoms. The fraction of sp³-hybridized carbons (Fsp3) is 0.600. The molecule has 5 nitrogen and oxygen atoms in total. The van der Waals surface area contributed by atoms with E-state index in [0.29, 0.717) is 6.54 Å². The van der Waals surface area contributed by atoms with Gasteiger partial charge in [0.1, 0.15) is 5.82 Å². The van der Waals surface area contributed by atoms with Crippen molar-refractivity contribution in [2.24, 2.45) is 5.73 Å². The van der Waals surface area contributed by atoms with Gasteiger partial charge in [0.25, 0.3) is 0 Å². The highest BCUT2D eigenvalue weighted by Gasteiger charge is 2.17. The Morgan fingerprint density at radius 3 is 3.00 bits per heavy atom. The summed E-state index contributed by atoms with van der Waals surface area (Å²) >= 11 is 0. The molecule has 1 heterocycles. The molecule has 1 amide bonds. The van der Waals surface area contributed by atoms with E-state index >= 15 is 0 Å². The molecular formula is C10H18N4O. The average molecular weight is 210 g/mol. The van der Waals surface area contributed by atoms with Crippen LogP contribution in [0.2, 0.25) is 0 Å². The Balaban J connectivity index is 2.46. The SMILES string of the molecule is CCC[C@@H](N)C(=O)N(C)Cc1ncc[nH]1. The first-order valence-electron chi connectivity index (χ1n) is 5.14. The molecule has 0 unspecified atom stereocenters. The van der Waals surface area contributed by atoms with Gasteiger partial charge in [0, 0.05) is 19.4 Å². The lowest BCUT2D eigenvalue weighted by Crippen LogP contribution is -2.41. The molecule has 3 N–H and O–H groups in total. The van der Waals surface area contributed by atoms with E-state index in [-0.39, 0.29) is 5.91 Å². The fourth-order valence-electron chi connectivity index (χ4n) is 1.40. The van der Waals surface area contributed by atoms with E-state index in [0.717, 1.165) is 18.7 Å². The monoisotopic (exact) mass is 210 g/mol. The van der Waals surface area contributed by atoms with Crippen LogP contribution in [0.1, 0.15) is 25.6 Å². The molecule has 0 spiro atoms. The summed E-state index contributed by atoms with van der Waals surface area (Å²) in [5.74, 6) is 0.739. The van der Waals surface area contributed by atoms with Crippen molar-refractivity contribution in [1.29, 1.82) is 0 Å². The first-order valence-corrected chi connectivity index (χ1v) is 5.14. The van der Waals surface area contributed by atoms with E-state index in [9.17, 15) is 4.79 Å². The van der Waals surface area contributed by atoms with Gasteiger partial charge in [-0.25, -0.2) is 4.98 Å². The summed E-state index contributed by atoms with van der Waals surface area (Å²) in [6.07, 6.45) is 5.04. The summed E-state index contributed by atoms with van der Waals surface area (Å²) in [4.78, 5) is 20.3. The maximum Gasteiger partial charge on any atom is 0.239 e. The molecule has 0 saturated heterocycles. The normalized spacial score (nSPS) is 12.5. The molecule has 0 aliphatic carbocycles. The molecule has 1 rings (SSSR count). The summed E-state index contributed by atoms with van der Waals surface area (Å²) in [6, 6.07) is -0.394. The topological polar surface area (TPSA) is 75.0 Å². The Bertz CT molecular complexity index is 296. The van der Waals surface area contributed by atoms with E-state index in [2.05, 4.69) is 9.97 Å². The number of carbonyl (C=O) groups excluding carboxylic acids is 1. The van der Waals surface area contributed by atoms with Crippen LogP contribution in [0, 0.1) is 0 Å². The standard InChI is InChI=1S/C10H18N4O/c1-3-4-8(11)10(15)14(2)7-9-12-5-6-13-9/h5-6,8H,3-4,7,11H2,1-2H3,(H,12,13)/t8-/m1/s1. The predicted molar refractivity (Wildman–Crippen MR) is 57.9 cm³/mol. The summed E-state index contributed by atoms with van der Waals surface area (Å²) in [5.41, 5.74) is 5.74. The van der Waals surface area contributed by atoms with Crippen LogP contribution in [0.15, 0.2) is 12.4 Å². The van der Waals surface area contributed by atoms with Gasteiger partial charge < -0.3 is 15.6 Å². The van der Waals surface area contributed by atoms with Gasteiger partial charge in [0.05, 0.1) is 12.6 Å². The number of amides is 1. The number of rotatable bonds is 5. The van der Waals surface area contributed by atoms with Gasteiger partial charge in [0.2, 0.25) is 5.91 Å². The van der Waals surface area contributed by atoms with Crippen molar-refractivity contribution < 1.29 is 4.79 Å². The summed E-state index contributed by atoms with van der Waals surface area (Å²) < 4.78 is 0. The van der Waals surface area contributed by atoms with Gasteiger partial charge >= 0.3 is 0 Å². The van der Waals surface area contributed by atoms with Crippen LogP contribution in [0.5, 0.6) is 0 Å². The second kappa shape index (κ2) is 5.50. The molecule has 1 atom stereocenters. The fourth-order valence-corrected chi connectivity index (χ4v) is 1.40. The van der Waals surface area contributed by atoms with Gasteiger partial charge in [-0.3, -0.25) is 4.79 Å². The third kappa shape index (κ3) is 3.36. The number of imidazole rings is 1. The van der Waals surface area contributed by atoms with Crippen LogP contribution < -0.4 is 5.73 Å². The smallest absolute Gasteiger partial charge is 0.239 e. The lowest BCUT2D eigenvalue weighted by Gasteiger charge is -2.19. The molecule has 0 aliphatic heterocycles. The van der Waals surface area contributed by atoms with Crippen molar-refractivity contribution in [3.63, 3.8) is 0 Å². The van der Waals surface area contributed by atoms with E-state index < -0.39 is 6.04 Å². The molecule has 1 aromatic rings. The summed E-state index contributed by atoms with van der Waals surface area (Å²) in [6.45, 7) is 2.49. The Morgan fingerprint density at radius 1 is 1.73 bits per heavy atom. The second-order valence-corrected chi connectivity index (χ2v) is 3.63. The molecule has 0 bridgehead atoms. The number of likely N-dealkylation sites (N-methyl/N-ethyl adjacent to an activating group) is 1. The maximum atomic E-state index is 11.7. The van der Waals surface area contributed by atoms with Crippen LogP contribution in [0.4, 0.5) is 0 Å². The first-order chi connectivity index (χ1) is 7.15. The van der Waals surface area contributed by atoms with Crippen LogP contribution in [-0.4, -0.2) is 33.9 Å². The molecule has 1 aromatic heterocycles. The van der Waals surface area contributed by atoms with Crippen LogP contribution in [0.3, 0.4) is 0 Å². The van der Waals surface area contributed by atoms with Gasteiger partial charge in [-0.05, 0) is 6.42 Å². The molecule has 15 heavy (non-hydrogen) atoms. The van der Waals surface area contributed by atoms with Crippen LogP contribution in [0.25, 0.3) is 0 Å².